The highest BCUT2D eigenvalue weighted by molar-refractivity contribution is 7.99. The molecule has 1 fully saturated rings. The van der Waals surface area contributed by atoms with E-state index in [9.17, 15) is 0 Å². The molecule has 0 saturated carbocycles. The molecule has 34 heavy (non-hydrogen) atoms. The molecule has 3 atom stereocenters. The standard InChI is InChI=1S/C22H27NO2S.C7H8.CH4/c1-16-11-12-23(17(16)2)13-14-24-19-9-7-18(8-10-19)21-15-26-22-6-4-3-5-20(22)25-21;1-7-5-3-2-4-6-7;/h3-10,16-17,21H,11-15H2,1-2H3;2-6H,1H3;1H4/t16?,17?,21-;;/m1../s1. The molecule has 3 nitrogen and oxygen atoms in total. The molecule has 3 aromatic carbocycles. The molecule has 2 aliphatic rings. The molecule has 0 aliphatic carbocycles. The molecule has 2 unspecified atom stereocenters. The lowest BCUT2D eigenvalue weighted by Gasteiger charge is -2.26. The highest BCUT2D eigenvalue weighted by Gasteiger charge is 2.26. The van der Waals surface area contributed by atoms with Crippen molar-refractivity contribution in [2.45, 2.75) is 51.7 Å². The molecule has 2 aliphatic heterocycles. The average molecular weight is 478 g/mol. The van der Waals surface area contributed by atoms with Gasteiger partial charge in [0, 0.05) is 23.2 Å². The summed E-state index contributed by atoms with van der Waals surface area (Å²) in [4.78, 5) is 3.76. The van der Waals surface area contributed by atoms with E-state index in [1.807, 2.05) is 42.1 Å². The smallest absolute Gasteiger partial charge is 0.133 e. The highest BCUT2D eigenvalue weighted by Crippen LogP contribution is 2.40. The fraction of sp³-hybridized carbons (Fsp3) is 0.400. The van der Waals surface area contributed by atoms with Crippen LogP contribution in [0.5, 0.6) is 11.5 Å². The van der Waals surface area contributed by atoms with Crippen LogP contribution < -0.4 is 9.47 Å². The van der Waals surface area contributed by atoms with E-state index in [0.29, 0.717) is 6.04 Å². The number of fused-ring (bicyclic) bond motifs is 1. The van der Waals surface area contributed by atoms with Crippen molar-refractivity contribution in [2.24, 2.45) is 5.92 Å². The van der Waals surface area contributed by atoms with Crippen LogP contribution in [0.15, 0.2) is 83.8 Å². The number of nitrogens with zero attached hydrogens (tertiary/aromatic N) is 1. The first-order chi connectivity index (χ1) is 16.1. The van der Waals surface area contributed by atoms with Crippen LogP contribution in [0.25, 0.3) is 0 Å². The van der Waals surface area contributed by atoms with Crippen LogP contribution in [-0.2, 0) is 0 Å². The Kier molecular flexibility index (Phi) is 9.91. The maximum Gasteiger partial charge on any atom is 0.133 e. The predicted molar refractivity (Wildman–Crippen MR) is 145 cm³/mol. The molecule has 0 bridgehead atoms. The highest BCUT2D eigenvalue weighted by atomic mass is 32.2. The summed E-state index contributed by atoms with van der Waals surface area (Å²) in [5, 5.41) is 0. The maximum absolute atomic E-state index is 6.16. The molecule has 1 saturated heterocycles. The number of likely N-dealkylation sites (tertiary alicyclic amines) is 1. The summed E-state index contributed by atoms with van der Waals surface area (Å²) in [6.45, 7) is 9.70. The molecule has 5 rings (SSSR count). The molecular weight excluding hydrogens is 438 g/mol. The van der Waals surface area contributed by atoms with Gasteiger partial charge in [-0.05, 0) is 62.6 Å². The lowest BCUT2D eigenvalue weighted by Crippen LogP contribution is -2.33. The third-order valence-electron chi connectivity index (χ3n) is 6.62. The number of thioether (sulfide) groups is 1. The summed E-state index contributed by atoms with van der Waals surface area (Å²) >= 11 is 1.86. The van der Waals surface area contributed by atoms with Gasteiger partial charge in [0.15, 0.2) is 0 Å². The summed E-state index contributed by atoms with van der Waals surface area (Å²) in [5.41, 5.74) is 2.53. The van der Waals surface area contributed by atoms with Gasteiger partial charge in [-0.15, -0.1) is 11.8 Å². The number of aryl methyl sites for hydroxylation is 1. The number of hydrogen-bond acceptors (Lipinski definition) is 4. The Labute approximate surface area is 210 Å². The Morgan fingerprint density at radius 2 is 1.65 bits per heavy atom. The normalized spacial score (nSPS) is 21.3. The molecule has 0 amide bonds. The van der Waals surface area contributed by atoms with Crippen molar-refractivity contribution in [3.05, 3.63) is 90.0 Å². The Hall–Kier alpha value is -2.43. The number of para-hydroxylation sites is 1. The monoisotopic (exact) mass is 477 g/mol. The van der Waals surface area contributed by atoms with E-state index in [-0.39, 0.29) is 13.5 Å². The third kappa shape index (κ3) is 7.04. The molecule has 0 radical (unpaired) electrons. The number of ether oxygens (including phenoxy) is 2. The zero-order chi connectivity index (χ0) is 23.0. The van der Waals surface area contributed by atoms with E-state index in [2.05, 4.69) is 74.2 Å². The fourth-order valence-electron chi connectivity index (χ4n) is 4.27. The summed E-state index contributed by atoms with van der Waals surface area (Å²) in [5.74, 6) is 3.68. The molecule has 0 N–H and O–H groups in total. The second-order valence-corrected chi connectivity index (χ2v) is 10.0. The average Bonchev–Trinajstić information content (AvgIpc) is 3.17. The number of benzene rings is 3. The predicted octanol–water partition coefficient (Wildman–Crippen LogP) is 7.65. The largest absolute Gasteiger partial charge is 0.492 e. The fourth-order valence-corrected chi connectivity index (χ4v) is 5.29. The van der Waals surface area contributed by atoms with Crippen LogP contribution in [-0.4, -0.2) is 36.4 Å². The van der Waals surface area contributed by atoms with E-state index in [1.165, 1.54) is 29.0 Å². The molecule has 4 heteroatoms. The lowest BCUT2D eigenvalue weighted by molar-refractivity contribution is 0.193. The van der Waals surface area contributed by atoms with Crippen LogP contribution in [0.2, 0.25) is 0 Å². The Morgan fingerprint density at radius 3 is 2.29 bits per heavy atom. The van der Waals surface area contributed by atoms with E-state index < -0.39 is 0 Å². The molecule has 2 heterocycles. The van der Waals surface area contributed by atoms with E-state index in [0.717, 1.165) is 36.3 Å². The topological polar surface area (TPSA) is 21.7 Å². The third-order valence-corrected chi connectivity index (χ3v) is 7.74. The zero-order valence-corrected chi connectivity index (χ0v) is 20.8. The zero-order valence-electron chi connectivity index (χ0n) is 19.9. The number of hydrogen-bond donors (Lipinski definition) is 0. The minimum atomic E-state index is 0. The van der Waals surface area contributed by atoms with Gasteiger partial charge in [0.25, 0.3) is 0 Å². The van der Waals surface area contributed by atoms with Gasteiger partial charge in [-0.2, -0.15) is 0 Å². The molecule has 3 aromatic rings. The molecular formula is C30H39NO2S. The minimum absolute atomic E-state index is 0. The van der Waals surface area contributed by atoms with Crippen molar-refractivity contribution in [2.75, 3.05) is 25.4 Å². The van der Waals surface area contributed by atoms with Gasteiger partial charge < -0.3 is 9.47 Å². The minimum Gasteiger partial charge on any atom is -0.492 e. The number of rotatable bonds is 5. The van der Waals surface area contributed by atoms with E-state index in [4.69, 9.17) is 9.47 Å². The van der Waals surface area contributed by atoms with Crippen molar-refractivity contribution >= 4 is 11.8 Å². The molecule has 0 spiro atoms. The van der Waals surface area contributed by atoms with Gasteiger partial charge in [0.2, 0.25) is 0 Å². The first-order valence-corrected chi connectivity index (χ1v) is 13.0. The second kappa shape index (κ2) is 12.9. The van der Waals surface area contributed by atoms with Crippen molar-refractivity contribution in [3.63, 3.8) is 0 Å². The summed E-state index contributed by atoms with van der Waals surface area (Å²) in [6.07, 6.45) is 1.41. The summed E-state index contributed by atoms with van der Waals surface area (Å²) in [6, 6.07) is 27.6. The lowest BCUT2D eigenvalue weighted by atomic mass is 10.1. The van der Waals surface area contributed by atoms with Crippen molar-refractivity contribution < 1.29 is 9.47 Å². The summed E-state index contributed by atoms with van der Waals surface area (Å²) < 4.78 is 12.1. The van der Waals surface area contributed by atoms with Crippen molar-refractivity contribution in [3.8, 4) is 11.5 Å². The van der Waals surface area contributed by atoms with Crippen LogP contribution in [0.4, 0.5) is 0 Å². The first kappa shape index (κ1) is 26.2. The Balaban J connectivity index is 0.000000350. The maximum atomic E-state index is 6.16. The Morgan fingerprint density at radius 1 is 0.941 bits per heavy atom. The van der Waals surface area contributed by atoms with Gasteiger partial charge in [-0.25, -0.2) is 0 Å². The van der Waals surface area contributed by atoms with E-state index in [1.54, 1.807) is 0 Å². The van der Waals surface area contributed by atoms with Crippen LogP contribution in [0.3, 0.4) is 0 Å². The Bertz CT molecular complexity index is 992. The molecule has 0 aromatic heterocycles. The van der Waals surface area contributed by atoms with Crippen LogP contribution in [0.1, 0.15) is 44.9 Å². The first-order valence-electron chi connectivity index (χ1n) is 12.0. The van der Waals surface area contributed by atoms with Crippen LogP contribution in [0, 0.1) is 12.8 Å². The van der Waals surface area contributed by atoms with E-state index >= 15 is 0 Å². The molecule has 182 valence electrons. The van der Waals surface area contributed by atoms with Gasteiger partial charge in [-0.3, -0.25) is 4.90 Å². The van der Waals surface area contributed by atoms with Gasteiger partial charge in [-0.1, -0.05) is 74.5 Å². The van der Waals surface area contributed by atoms with Crippen molar-refractivity contribution in [1.29, 1.82) is 0 Å². The second-order valence-electron chi connectivity index (χ2n) is 8.98. The quantitative estimate of drug-likeness (QED) is 0.376. The van der Waals surface area contributed by atoms with Gasteiger partial charge >= 0.3 is 0 Å². The van der Waals surface area contributed by atoms with Crippen LogP contribution >= 0.6 is 11.8 Å². The summed E-state index contributed by atoms with van der Waals surface area (Å²) in [7, 11) is 0. The SMILES string of the molecule is C.CC1CCN(CCOc2ccc([C@H]3CSc4ccccc4O3)cc2)C1C.Cc1ccccc1. The van der Waals surface area contributed by atoms with Crippen molar-refractivity contribution in [1.82, 2.24) is 4.90 Å². The van der Waals surface area contributed by atoms with Gasteiger partial charge in [0.05, 0.1) is 0 Å². The van der Waals surface area contributed by atoms with Gasteiger partial charge in [0.1, 0.15) is 24.2 Å².